The van der Waals surface area contributed by atoms with Crippen molar-refractivity contribution < 1.29 is 0 Å². The van der Waals surface area contributed by atoms with E-state index in [4.69, 9.17) is 0 Å². The van der Waals surface area contributed by atoms with Crippen LogP contribution in [0.2, 0.25) is 0 Å². The highest BCUT2D eigenvalue weighted by atomic mass is 14.5. The Morgan fingerprint density at radius 1 is 0.774 bits per heavy atom. The van der Waals surface area contributed by atoms with E-state index >= 15 is 0 Å². The Hall–Kier alpha value is -1.30. The van der Waals surface area contributed by atoms with E-state index in [0.29, 0.717) is 23.7 Å². The summed E-state index contributed by atoms with van der Waals surface area (Å²) in [7, 11) is 0. The zero-order valence-corrected chi connectivity index (χ0v) is 21.0. The van der Waals surface area contributed by atoms with Crippen LogP contribution in [0, 0.1) is 52.3 Å². The lowest BCUT2D eigenvalue weighted by Crippen LogP contribution is -2.21. The molecule has 31 heavy (non-hydrogen) atoms. The number of hydrogen-bond donors (Lipinski definition) is 0. The van der Waals surface area contributed by atoms with Gasteiger partial charge in [0, 0.05) is 0 Å². The molecule has 6 atom stereocenters. The van der Waals surface area contributed by atoms with E-state index in [0.717, 1.165) is 17.8 Å². The summed E-state index contributed by atoms with van der Waals surface area (Å²) >= 11 is 0. The van der Waals surface area contributed by atoms with Gasteiger partial charge in [0.2, 0.25) is 0 Å². The van der Waals surface area contributed by atoms with Crippen LogP contribution in [0.5, 0.6) is 0 Å². The Morgan fingerprint density at radius 2 is 1.29 bits per heavy atom. The van der Waals surface area contributed by atoms with Crippen LogP contribution in [0.25, 0.3) is 0 Å². The molecule has 0 saturated heterocycles. The van der Waals surface area contributed by atoms with E-state index in [1.54, 1.807) is 11.1 Å². The van der Waals surface area contributed by atoms with Gasteiger partial charge in [-0.05, 0) is 89.1 Å². The van der Waals surface area contributed by atoms with E-state index in [1.165, 1.54) is 38.5 Å². The summed E-state index contributed by atoms with van der Waals surface area (Å²) < 4.78 is 0. The second-order valence-electron chi connectivity index (χ2n) is 13.1. The highest BCUT2D eigenvalue weighted by Gasteiger charge is 2.48. The lowest BCUT2D eigenvalue weighted by molar-refractivity contribution is 0.305. The molecule has 0 radical (unpaired) electrons. The van der Waals surface area contributed by atoms with Crippen LogP contribution < -0.4 is 0 Å². The van der Waals surface area contributed by atoms with Crippen LogP contribution in [-0.2, 0) is 0 Å². The van der Waals surface area contributed by atoms with Crippen LogP contribution >= 0.6 is 0 Å². The normalized spacial score (nSPS) is 37.3. The van der Waals surface area contributed by atoms with Gasteiger partial charge in [-0.3, -0.25) is 0 Å². The minimum atomic E-state index is 0.241. The van der Waals surface area contributed by atoms with E-state index in [-0.39, 0.29) is 10.8 Å². The zero-order valence-electron chi connectivity index (χ0n) is 21.0. The summed E-state index contributed by atoms with van der Waals surface area (Å²) in [6, 6.07) is 0. The molecule has 0 spiro atoms. The maximum Gasteiger partial charge on any atom is -0.00954 e. The Bertz CT molecular complexity index is 735. The summed E-state index contributed by atoms with van der Waals surface area (Å²) in [5.41, 5.74) is 3.58. The predicted octanol–water partition coefficient (Wildman–Crippen LogP) is 8.94. The summed E-state index contributed by atoms with van der Waals surface area (Å²) in [4.78, 5) is 0. The van der Waals surface area contributed by atoms with E-state index in [9.17, 15) is 0 Å². The van der Waals surface area contributed by atoms with Gasteiger partial charge in [-0.1, -0.05) is 96.9 Å². The van der Waals surface area contributed by atoms with Crippen molar-refractivity contribution in [2.75, 3.05) is 0 Å². The highest BCUT2D eigenvalue weighted by Crippen LogP contribution is 2.56. The standard InChI is InChI=1S/C31H46/c1-8-9-21-10-11-22(18-21)12-15-27-28-19-23(30(2,3)4)13-16-25(28)26-17-14-24(20-29(26)27)31(5,6)7/h8,13-14,16-17,19-22,25-29H,1,9-12,15,18H2,2-7H3. The molecule has 2 saturated carbocycles. The van der Waals surface area contributed by atoms with Gasteiger partial charge in [-0.25, -0.2) is 0 Å². The minimum absolute atomic E-state index is 0.241. The Morgan fingerprint density at radius 3 is 1.77 bits per heavy atom. The van der Waals surface area contributed by atoms with Crippen LogP contribution in [0.3, 0.4) is 0 Å². The van der Waals surface area contributed by atoms with Crippen LogP contribution in [0.15, 0.2) is 60.3 Å². The first-order valence-corrected chi connectivity index (χ1v) is 13.0. The van der Waals surface area contributed by atoms with Crippen molar-refractivity contribution in [2.45, 2.75) is 80.1 Å². The minimum Gasteiger partial charge on any atom is -0.103 e. The lowest BCUT2D eigenvalue weighted by atomic mass is 9.74. The molecular formula is C31H46. The van der Waals surface area contributed by atoms with Crippen LogP contribution in [0.4, 0.5) is 0 Å². The fourth-order valence-electron chi connectivity index (χ4n) is 6.98. The second-order valence-corrected chi connectivity index (χ2v) is 13.1. The van der Waals surface area contributed by atoms with Gasteiger partial charge in [0.1, 0.15) is 0 Å². The maximum absolute atomic E-state index is 3.98. The number of rotatable bonds is 5. The van der Waals surface area contributed by atoms with Crippen LogP contribution in [0.1, 0.15) is 80.1 Å². The molecule has 4 aliphatic rings. The lowest BCUT2D eigenvalue weighted by Gasteiger charge is -2.31. The molecule has 0 aromatic carbocycles. The van der Waals surface area contributed by atoms with Gasteiger partial charge in [-0.15, -0.1) is 6.58 Å². The monoisotopic (exact) mass is 418 g/mol. The first kappa shape index (κ1) is 22.9. The van der Waals surface area contributed by atoms with Crippen molar-refractivity contribution in [2.24, 2.45) is 52.3 Å². The van der Waals surface area contributed by atoms with Crippen molar-refractivity contribution in [3.8, 4) is 0 Å². The van der Waals surface area contributed by atoms with Crippen molar-refractivity contribution in [3.05, 3.63) is 60.3 Å². The largest absolute Gasteiger partial charge is 0.103 e. The molecule has 4 aliphatic carbocycles. The smallest absolute Gasteiger partial charge is 0.00954 e. The predicted molar refractivity (Wildman–Crippen MR) is 136 cm³/mol. The summed E-state index contributed by atoms with van der Waals surface area (Å²) in [5.74, 6) is 5.43. The molecule has 0 aliphatic heterocycles. The fraction of sp³-hybridized carbons (Fsp3) is 0.677. The van der Waals surface area contributed by atoms with Crippen molar-refractivity contribution in [3.63, 3.8) is 0 Å². The number of allylic oxidation sites excluding steroid dienone is 9. The molecule has 0 heterocycles. The Labute approximate surface area is 192 Å². The maximum atomic E-state index is 3.98. The third kappa shape index (κ3) is 4.74. The van der Waals surface area contributed by atoms with Gasteiger partial charge < -0.3 is 0 Å². The average molecular weight is 419 g/mol. The van der Waals surface area contributed by atoms with Gasteiger partial charge >= 0.3 is 0 Å². The summed E-state index contributed by atoms with van der Waals surface area (Å²) in [5, 5.41) is 0. The van der Waals surface area contributed by atoms with Gasteiger partial charge in [0.25, 0.3) is 0 Å². The van der Waals surface area contributed by atoms with Crippen molar-refractivity contribution >= 4 is 0 Å². The zero-order chi connectivity index (χ0) is 22.4. The third-order valence-electron chi connectivity index (χ3n) is 8.85. The quantitative estimate of drug-likeness (QED) is 0.391. The SMILES string of the molecule is C=CCC1CCC(CCC2C3C=C(C(C)(C)C)C=CC3C3C=CC(C(C)(C)C)=CC32)C1. The van der Waals surface area contributed by atoms with Crippen molar-refractivity contribution in [1.29, 1.82) is 0 Å². The molecule has 4 rings (SSSR count). The number of hydrogen-bond acceptors (Lipinski definition) is 0. The van der Waals surface area contributed by atoms with Gasteiger partial charge in [-0.2, -0.15) is 0 Å². The highest BCUT2D eigenvalue weighted by molar-refractivity contribution is 5.38. The van der Waals surface area contributed by atoms with E-state index in [2.05, 4.69) is 90.7 Å². The molecular weight excluding hydrogens is 372 g/mol. The third-order valence-corrected chi connectivity index (χ3v) is 8.85. The average Bonchev–Trinajstić information content (AvgIpc) is 3.26. The molecule has 0 amide bonds. The molecule has 170 valence electrons. The number of fused-ring (bicyclic) bond motifs is 3. The Balaban J connectivity index is 1.57. The first-order valence-electron chi connectivity index (χ1n) is 13.0. The van der Waals surface area contributed by atoms with E-state index in [1.807, 2.05) is 0 Å². The summed E-state index contributed by atoms with van der Waals surface area (Å²) in [6.45, 7) is 18.2. The molecule has 0 aromatic rings. The summed E-state index contributed by atoms with van der Waals surface area (Å²) in [6.07, 6.45) is 26.0. The molecule has 0 nitrogen and oxygen atoms in total. The van der Waals surface area contributed by atoms with Crippen molar-refractivity contribution in [1.82, 2.24) is 0 Å². The topological polar surface area (TPSA) is 0 Å². The Kier molecular flexibility index (Phi) is 6.32. The fourth-order valence-corrected chi connectivity index (χ4v) is 6.98. The second kappa shape index (κ2) is 8.57. The molecule has 2 fully saturated rings. The van der Waals surface area contributed by atoms with Crippen LogP contribution in [-0.4, -0.2) is 0 Å². The van der Waals surface area contributed by atoms with E-state index < -0.39 is 0 Å². The van der Waals surface area contributed by atoms with Gasteiger partial charge in [0.05, 0.1) is 0 Å². The molecule has 6 unspecified atom stereocenters. The molecule has 0 aromatic heterocycles. The molecule has 0 bridgehead atoms. The molecule has 0 N–H and O–H groups in total. The molecule has 0 heteroatoms. The van der Waals surface area contributed by atoms with Gasteiger partial charge in [0.15, 0.2) is 0 Å². The first-order chi connectivity index (χ1) is 14.6.